The Labute approximate surface area is 133 Å². The first-order valence-electron chi connectivity index (χ1n) is 7.34. The van der Waals surface area contributed by atoms with Crippen LogP contribution in [0, 0.1) is 0 Å². The molecule has 1 aliphatic heterocycles. The van der Waals surface area contributed by atoms with Crippen molar-refractivity contribution in [2.24, 2.45) is 0 Å². The zero-order chi connectivity index (χ0) is 14.7. The third kappa shape index (κ3) is 1.29. The number of Topliss-reactive ketones (excluding diaryl/α,β-unsaturated/α-hetero) is 1. The summed E-state index contributed by atoms with van der Waals surface area (Å²) in [6, 6.07) is 24.6. The van der Waals surface area contributed by atoms with Gasteiger partial charge in [0.15, 0.2) is 5.78 Å². The van der Waals surface area contributed by atoms with Gasteiger partial charge in [-0.15, -0.1) is 11.8 Å². The van der Waals surface area contributed by atoms with Crippen molar-refractivity contribution in [3.8, 4) is 11.1 Å². The van der Waals surface area contributed by atoms with E-state index in [-0.39, 0.29) is 5.78 Å². The van der Waals surface area contributed by atoms with E-state index >= 15 is 0 Å². The zero-order valence-corrected chi connectivity index (χ0v) is 12.6. The molecule has 2 aliphatic rings. The van der Waals surface area contributed by atoms with Gasteiger partial charge >= 0.3 is 0 Å². The van der Waals surface area contributed by atoms with Gasteiger partial charge in [-0.2, -0.15) is 0 Å². The van der Waals surface area contributed by atoms with Crippen LogP contribution in [0.5, 0.6) is 0 Å². The monoisotopic (exact) mass is 300 g/mol. The summed E-state index contributed by atoms with van der Waals surface area (Å²) >= 11 is 1.69. The van der Waals surface area contributed by atoms with Crippen molar-refractivity contribution in [3.05, 3.63) is 89.5 Å². The van der Waals surface area contributed by atoms with Crippen LogP contribution in [0.1, 0.15) is 21.5 Å². The zero-order valence-electron chi connectivity index (χ0n) is 11.7. The summed E-state index contributed by atoms with van der Waals surface area (Å²) in [5, 5.41) is 0. The Bertz CT molecular complexity index is 896. The number of benzene rings is 3. The van der Waals surface area contributed by atoms with Crippen LogP contribution in [0.3, 0.4) is 0 Å². The van der Waals surface area contributed by atoms with E-state index in [1.165, 1.54) is 11.1 Å². The van der Waals surface area contributed by atoms with Crippen molar-refractivity contribution in [2.75, 3.05) is 0 Å². The summed E-state index contributed by atoms with van der Waals surface area (Å²) in [5.74, 6) is 0.213. The Morgan fingerprint density at radius 1 is 0.636 bits per heavy atom. The molecule has 5 rings (SSSR count). The molecule has 0 fully saturated rings. The normalized spacial score (nSPS) is 16.5. The Kier molecular flexibility index (Phi) is 2.29. The highest BCUT2D eigenvalue weighted by Crippen LogP contribution is 2.62. The molecule has 0 amide bonds. The van der Waals surface area contributed by atoms with Gasteiger partial charge in [0.25, 0.3) is 0 Å². The van der Waals surface area contributed by atoms with E-state index in [4.69, 9.17) is 0 Å². The minimum Gasteiger partial charge on any atom is -0.292 e. The van der Waals surface area contributed by atoms with Gasteiger partial charge in [-0.3, -0.25) is 4.79 Å². The molecule has 0 radical (unpaired) electrons. The average molecular weight is 300 g/mol. The molecule has 3 aromatic carbocycles. The van der Waals surface area contributed by atoms with Crippen LogP contribution < -0.4 is 0 Å². The number of hydrogen-bond acceptors (Lipinski definition) is 2. The van der Waals surface area contributed by atoms with Gasteiger partial charge in [0.2, 0.25) is 0 Å². The molecule has 1 spiro atoms. The van der Waals surface area contributed by atoms with Crippen LogP contribution in [-0.2, 0) is 4.75 Å². The Morgan fingerprint density at radius 3 is 1.73 bits per heavy atom. The van der Waals surface area contributed by atoms with Gasteiger partial charge in [-0.25, -0.2) is 0 Å². The van der Waals surface area contributed by atoms with E-state index < -0.39 is 4.75 Å². The summed E-state index contributed by atoms with van der Waals surface area (Å²) in [5.41, 5.74) is 5.47. The molecule has 1 nitrogen and oxygen atoms in total. The van der Waals surface area contributed by atoms with E-state index in [1.807, 2.05) is 42.5 Å². The largest absolute Gasteiger partial charge is 0.292 e. The summed E-state index contributed by atoms with van der Waals surface area (Å²) in [6.45, 7) is 0. The fourth-order valence-electron chi connectivity index (χ4n) is 3.69. The minimum atomic E-state index is -0.600. The average Bonchev–Trinajstić information content (AvgIpc) is 3.04. The molecule has 0 atom stereocenters. The fourth-order valence-corrected chi connectivity index (χ4v) is 5.22. The Hall–Kier alpha value is -2.32. The molecule has 3 aromatic rings. The topological polar surface area (TPSA) is 17.1 Å². The summed E-state index contributed by atoms with van der Waals surface area (Å²) < 4.78 is -0.600. The molecule has 2 heteroatoms. The van der Waals surface area contributed by atoms with E-state index in [0.717, 1.165) is 21.6 Å². The van der Waals surface area contributed by atoms with Gasteiger partial charge < -0.3 is 0 Å². The van der Waals surface area contributed by atoms with Gasteiger partial charge in [-0.1, -0.05) is 66.7 Å². The van der Waals surface area contributed by atoms with Crippen LogP contribution in [0.25, 0.3) is 11.1 Å². The van der Waals surface area contributed by atoms with Crippen LogP contribution in [-0.4, -0.2) is 5.78 Å². The standard InChI is InChI=1S/C20H12OS/c21-19-15-9-3-6-12-18(15)22-20(19)16-10-4-1-7-13(16)14-8-2-5-11-17(14)20/h1-12H. The lowest BCUT2D eigenvalue weighted by Crippen LogP contribution is -2.27. The molecule has 0 bridgehead atoms. The SMILES string of the molecule is O=C1c2ccccc2SC12c1ccccc1-c1ccccc12. The van der Waals surface area contributed by atoms with Crippen molar-refractivity contribution in [3.63, 3.8) is 0 Å². The summed E-state index contributed by atoms with van der Waals surface area (Å²) in [4.78, 5) is 14.4. The Balaban J connectivity index is 1.89. The third-order valence-electron chi connectivity index (χ3n) is 4.62. The predicted octanol–water partition coefficient (Wildman–Crippen LogP) is 4.90. The van der Waals surface area contributed by atoms with Gasteiger partial charge in [-0.05, 0) is 28.3 Å². The maximum atomic E-state index is 13.3. The van der Waals surface area contributed by atoms with Gasteiger partial charge in [0.1, 0.15) is 4.75 Å². The highest BCUT2D eigenvalue weighted by molar-refractivity contribution is 8.02. The molecule has 0 saturated carbocycles. The van der Waals surface area contributed by atoms with Crippen LogP contribution >= 0.6 is 11.8 Å². The predicted molar refractivity (Wildman–Crippen MR) is 89.3 cm³/mol. The fraction of sp³-hybridized carbons (Fsp3) is 0.0500. The van der Waals surface area contributed by atoms with E-state index in [9.17, 15) is 4.79 Å². The third-order valence-corrected chi connectivity index (χ3v) is 6.12. The molecule has 0 N–H and O–H groups in total. The van der Waals surface area contributed by atoms with Crippen LogP contribution in [0.15, 0.2) is 77.7 Å². The second-order valence-corrected chi connectivity index (χ2v) is 6.96. The molecule has 22 heavy (non-hydrogen) atoms. The quantitative estimate of drug-likeness (QED) is 0.587. The number of fused-ring (bicyclic) bond motifs is 6. The second-order valence-electron chi connectivity index (χ2n) is 5.70. The molecular formula is C20H12OS. The van der Waals surface area contributed by atoms with E-state index in [2.05, 4.69) is 30.3 Å². The molecule has 0 aromatic heterocycles. The van der Waals surface area contributed by atoms with Crippen LogP contribution in [0.2, 0.25) is 0 Å². The number of carbonyl (C=O) groups excluding carboxylic acids is 1. The van der Waals surface area contributed by atoms with Crippen molar-refractivity contribution in [1.29, 1.82) is 0 Å². The minimum absolute atomic E-state index is 0.213. The van der Waals surface area contributed by atoms with Crippen molar-refractivity contribution >= 4 is 17.5 Å². The number of rotatable bonds is 0. The van der Waals surface area contributed by atoms with Crippen molar-refractivity contribution < 1.29 is 4.79 Å². The Morgan fingerprint density at radius 2 is 1.14 bits per heavy atom. The highest BCUT2D eigenvalue weighted by Gasteiger charge is 2.54. The first-order chi connectivity index (χ1) is 10.8. The van der Waals surface area contributed by atoms with Crippen LogP contribution in [0.4, 0.5) is 0 Å². The number of thioether (sulfide) groups is 1. The first-order valence-corrected chi connectivity index (χ1v) is 8.16. The number of ketones is 1. The molecule has 1 heterocycles. The lowest BCUT2D eigenvalue weighted by molar-refractivity contribution is 0.0964. The summed E-state index contributed by atoms with van der Waals surface area (Å²) in [6.07, 6.45) is 0. The number of hydrogen-bond donors (Lipinski definition) is 0. The van der Waals surface area contributed by atoms with Crippen molar-refractivity contribution in [2.45, 2.75) is 9.64 Å². The second kappa shape index (κ2) is 4.11. The van der Waals surface area contributed by atoms with Gasteiger partial charge in [0.05, 0.1) is 0 Å². The maximum absolute atomic E-state index is 13.3. The maximum Gasteiger partial charge on any atom is 0.189 e. The first kappa shape index (κ1) is 12.2. The molecular weight excluding hydrogens is 288 g/mol. The molecule has 0 unspecified atom stereocenters. The van der Waals surface area contributed by atoms with Gasteiger partial charge in [0, 0.05) is 10.5 Å². The number of carbonyl (C=O) groups is 1. The molecule has 104 valence electrons. The molecule has 0 saturated heterocycles. The lowest BCUT2D eigenvalue weighted by Gasteiger charge is -2.23. The lowest BCUT2D eigenvalue weighted by atomic mass is 9.88. The van der Waals surface area contributed by atoms with Crippen molar-refractivity contribution in [1.82, 2.24) is 0 Å². The van der Waals surface area contributed by atoms with E-state index in [0.29, 0.717) is 0 Å². The highest BCUT2D eigenvalue weighted by atomic mass is 32.2. The smallest absolute Gasteiger partial charge is 0.189 e. The molecule has 1 aliphatic carbocycles. The van der Waals surface area contributed by atoms with E-state index in [1.54, 1.807) is 11.8 Å². The summed E-state index contributed by atoms with van der Waals surface area (Å²) in [7, 11) is 0.